The van der Waals surface area contributed by atoms with Gasteiger partial charge in [0, 0.05) is 83.2 Å². The summed E-state index contributed by atoms with van der Waals surface area (Å²) in [5, 5.41) is 127. The Balaban J connectivity index is 0.000000158. The molecule has 6 aromatic heterocycles. The van der Waals surface area contributed by atoms with E-state index in [4.69, 9.17) is 38.5 Å². The summed E-state index contributed by atoms with van der Waals surface area (Å²) in [7, 11) is 0. The Kier molecular flexibility index (Phi) is 20.3. The minimum atomic E-state index is -3.38. The zero-order chi connectivity index (χ0) is 88.7. The molecule has 0 saturated heterocycles. The number of thioether (sulfide) groups is 3. The van der Waals surface area contributed by atoms with Gasteiger partial charge in [-0.05, 0) is 111 Å². The zero-order valence-electron chi connectivity index (χ0n) is 73.2. The number of nitrogens with one attached hydrogen (secondary N) is 3. The van der Waals surface area contributed by atoms with Gasteiger partial charge in [0.05, 0.1) is 84.2 Å². The van der Waals surface area contributed by atoms with E-state index in [-0.39, 0.29) is 159 Å². The summed E-state index contributed by atoms with van der Waals surface area (Å²) in [4.78, 5) is 26.8. The Hall–Kier alpha value is -7.14. The van der Waals surface area contributed by atoms with Gasteiger partial charge < -0.3 is 76.1 Å². The highest BCUT2D eigenvalue weighted by molar-refractivity contribution is 7.99. The largest absolute Gasteiger partial charge is 0.394 e. The molecule has 0 bridgehead atoms. The van der Waals surface area contributed by atoms with Crippen molar-refractivity contribution >= 4 is 86.2 Å². The molecule has 12 N–H and O–H groups in total. The molecule has 6 aliphatic carbocycles. The molecule has 6 heterocycles. The molecule has 6 aliphatic rings. The summed E-state index contributed by atoms with van der Waals surface area (Å²) >= 11 is 2.13. The van der Waals surface area contributed by atoms with Gasteiger partial charge in [-0.15, -0.1) is 15.3 Å². The maximum Gasteiger partial charge on any atom is 0.191 e. The van der Waals surface area contributed by atoms with Crippen LogP contribution < -0.4 is 16.0 Å². The lowest BCUT2D eigenvalue weighted by atomic mass is 10.1. The van der Waals surface area contributed by atoms with Gasteiger partial charge in [0.1, 0.15) is 54.1 Å². The van der Waals surface area contributed by atoms with Crippen molar-refractivity contribution in [3.05, 3.63) is 105 Å². The number of halogens is 3. The minimum absolute atomic E-state index is 0.00535. The highest BCUT2D eigenvalue weighted by Crippen LogP contribution is 2.48. The first-order chi connectivity index (χ1) is 57.1. The summed E-state index contributed by atoms with van der Waals surface area (Å²) in [6.07, 6.45) is -11.8. The van der Waals surface area contributed by atoms with Crippen LogP contribution in [0.3, 0.4) is 0 Å². The highest BCUT2D eigenvalue weighted by atomic mass is 32.2. The molecule has 0 amide bonds. The van der Waals surface area contributed by atoms with E-state index in [9.17, 15) is 54.0 Å². The van der Waals surface area contributed by atoms with E-state index >= 15 is 0 Å². The molecule has 18 atom stereocenters. The number of fused-ring (bicyclic) bond motifs is 3. The lowest BCUT2D eigenvalue weighted by Crippen LogP contribution is -2.33. The fourth-order valence-electron chi connectivity index (χ4n) is 13.6. The van der Waals surface area contributed by atoms with Crippen LogP contribution in [0.1, 0.15) is 167 Å². The van der Waals surface area contributed by atoms with E-state index < -0.39 is 123 Å². The smallest absolute Gasteiger partial charge is 0.191 e. The van der Waals surface area contributed by atoms with Crippen molar-refractivity contribution in [3.63, 3.8) is 0 Å². The first-order valence-corrected chi connectivity index (χ1v) is 37.6. The van der Waals surface area contributed by atoms with Crippen molar-refractivity contribution in [2.45, 2.75) is 224 Å². The van der Waals surface area contributed by atoms with Crippen molar-refractivity contribution in [3.8, 4) is 0 Å². The van der Waals surface area contributed by atoms with E-state index in [0.717, 1.165) is 53.6 Å². The second kappa shape index (κ2) is 35.1. The average molecular weight is 1570 g/mol. The number of aromatic nitrogens is 15. The molecular formula is C72H93F3N18O12S3. The first-order valence-electron chi connectivity index (χ1n) is 42.2. The fraction of sp³-hybridized carbons (Fsp3) is 0.583. The van der Waals surface area contributed by atoms with Gasteiger partial charge >= 0.3 is 0 Å². The van der Waals surface area contributed by atoms with Crippen LogP contribution in [0, 0.1) is 38.2 Å². The zero-order valence-corrected chi connectivity index (χ0v) is 61.6. The third-order valence-electron chi connectivity index (χ3n) is 19.7. The summed E-state index contributed by atoms with van der Waals surface area (Å²) in [5.41, 5.74) is -0.432. The van der Waals surface area contributed by atoms with Crippen LogP contribution in [-0.4, -0.2) is 251 Å². The quantitative estimate of drug-likeness (QED) is 0.0168. The third kappa shape index (κ3) is 17.5. The molecular weight excluding hydrogens is 1460 g/mol. The van der Waals surface area contributed by atoms with Crippen LogP contribution >= 0.6 is 35.3 Å². The van der Waals surface area contributed by atoms with Crippen LogP contribution in [0.5, 0.6) is 0 Å². The Morgan fingerprint density at radius 1 is 0.454 bits per heavy atom. The van der Waals surface area contributed by atoms with Crippen LogP contribution in [0.2, 0.25) is 0 Å². The van der Waals surface area contributed by atoms with E-state index in [2.05, 4.69) is 76.8 Å². The molecule has 582 valence electrons. The number of nitrogens with zero attached hydrogens (tertiary/aromatic N) is 15. The molecule has 6 fully saturated rings. The molecule has 3 aromatic carbocycles. The number of aliphatic hydroxyl groups is 9. The molecule has 30 nitrogen and oxygen atoms in total. The Morgan fingerprint density at radius 3 is 1.11 bits per heavy atom. The number of hydrogen-bond acceptors (Lipinski definition) is 30. The Labute approximate surface area is 652 Å². The number of hydrogen-bond donors (Lipinski definition) is 12. The standard InChI is InChI=1S/3C24H31FN6O4S/c3*1-3-8-36-24-27-22(26-16-10-14(16)13-5-4-12(2)15(25)9-13)19-23(28-24)31(30-29-19)17-11-18(35-7-6-32)21(34)20(17)33/h3*4-5,9,14,16-18,20-21,32-34H,3,6-8,10-11H2,1-2H3,(H,26,27,28)/t3*14-,16+,17+,18-,20-,21+/m000/s1/i6D2,7D2,8D2;7D2,8D2;3D2,8D2. The molecule has 0 spiro atoms. The second-order valence-corrected chi connectivity index (χ2v) is 29.4. The van der Waals surface area contributed by atoms with E-state index in [1.807, 2.05) is 18.2 Å². The maximum atomic E-state index is 14.2. The lowest BCUT2D eigenvalue weighted by molar-refractivity contribution is -0.0629. The predicted molar refractivity (Wildman–Crippen MR) is 398 cm³/mol. The maximum absolute atomic E-state index is 14.2. The monoisotopic (exact) mass is 1570 g/mol. The van der Waals surface area contributed by atoms with Crippen LogP contribution in [0.25, 0.3) is 33.5 Å². The van der Waals surface area contributed by atoms with E-state index in [1.54, 1.807) is 52.8 Å². The SMILES string of the molecule is [2H]C([2H])(C)C([2H])([2H])Sc1nc(N[C@@H]2C[C@H]2c2ccc(C)c(F)c2)c2nnn([C@@H]3C[C@H](OCCO)[C@@H](O)[C@H]3O)c2n1.[2H]C([2H])(CC)Sc1nc(N[C@@H]2C[C@H]2c2ccc(C)c(F)c2)c2nnn([C@@H]3C[C@H](OC([2H])([2H])C([2H])([2H])O)[C@@H](O)[C@H]3O)c2n1.[2H]C([2H])(CO)O[C@H]1C[C@@H](n2nnc3c(N[C@@H]4C[C@H]4c4ccc(C)c(F)c4)nc(SC([2H])([2H])CC)nc32)[C@H](O)[C@@H]1O. The van der Waals surface area contributed by atoms with Crippen LogP contribution in [0.15, 0.2) is 70.1 Å². The van der Waals surface area contributed by atoms with E-state index in [0.29, 0.717) is 47.1 Å². The predicted octanol–water partition coefficient (Wildman–Crippen LogP) is 6.55. The Bertz CT molecular complexity index is 5280. The number of aliphatic hydroxyl groups excluding tert-OH is 8. The number of rotatable bonds is 30. The summed E-state index contributed by atoms with van der Waals surface area (Å²) < 4.78 is 172. The number of benzene rings is 3. The van der Waals surface area contributed by atoms with Gasteiger partial charge in [0.25, 0.3) is 0 Å². The van der Waals surface area contributed by atoms with Crippen LogP contribution in [0.4, 0.5) is 30.6 Å². The lowest BCUT2D eigenvalue weighted by Gasteiger charge is -2.17. The van der Waals surface area contributed by atoms with Crippen LogP contribution in [-0.2, 0) is 14.2 Å². The molecule has 15 rings (SSSR count). The van der Waals surface area contributed by atoms with Crippen molar-refractivity contribution in [1.82, 2.24) is 74.9 Å². The number of anilines is 3. The highest BCUT2D eigenvalue weighted by Gasteiger charge is 2.49. The molecule has 36 heteroatoms. The Morgan fingerprint density at radius 2 is 0.796 bits per heavy atom. The van der Waals surface area contributed by atoms with Crippen molar-refractivity contribution < 1.29 is 92.5 Å². The fourth-order valence-corrected chi connectivity index (χ4v) is 15.2. The molecule has 0 radical (unpaired) electrons. The van der Waals surface area contributed by atoms with Crippen molar-refractivity contribution in [2.24, 2.45) is 0 Å². The summed E-state index contributed by atoms with van der Waals surface area (Å²) in [5.74, 6) is 0.00591. The average Bonchev–Trinajstić information content (AvgIpc) is 1.60. The molecule has 6 saturated carbocycles. The third-order valence-corrected chi connectivity index (χ3v) is 22.0. The number of ether oxygens (including phenoxy) is 3. The molecule has 9 aromatic rings. The summed E-state index contributed by atoms with van der Waals surface area (Å²) in [6, 6.07) is 12.3. The topological polar surface area (TPSA) is 415 Å². The first kappa shape index (κ1) is 62.5. The van der Waals surface area contributed by atoms with Gasteiger partial charge in [-0.2, -0.15) is 0 Å². The van der Waals surface area contributed by atoms with Gasteiger partial charge in [-0.3, -0.25) is 0 Å². The molecule has 108 heavy (non-hydrogen) atoms. The second-order valence-electron chi connectivity index (χ2n) is 27.0. The number of aryl methyl sites for hydroxylation is 3. The van der Waals surface area contributed by atoms with Crippen molar-refractivity contribution in [2.75, 3.05) is 72.6 Å². The van der Waals surface area contributed by atoms with Gasteiger partial charge in [-0.1, -0.05) is 108 Å². The van der Waals surface area contributed by atoms with E-state index in [1.165, 1.54) is 32.2 Å². The minimum Gasteiger partial charge on any atom is -0.394 e. The summed E-state index contributed by atoms with van der Waals surface area (Å²) in [6.45, 7) is -0.580. The molecule has 0 unspecified atom stereocenters. The van der Waals surface area contributed by atoms with Crippen molar-refractivity contribution in [1.29, 1.82) is 0 Å². The van der Waals surface area contributed by atoms with Gasteiger partial charge in [0.2, 0.25) is 0 Å². The van der Waals surface area contributed by atoms with Gasteiger partial charge in [-0.25, -0.2) is 57.1 Å². The van der Waals surface area contributed by atoms with Gasteiger partial charge in [0.15, 0.2) is 66.4 Å². The molecule has 0 aliphatic heterocycles. The normalized spacial score (nSPS) is 30.5.